The molecule has 1 atom stereocenters. The molecular formula is C15H19BrN2OS. The Morgan fingerprint density at radius 1 is 1.50 bits per heavy atom. The van der Waals surface area contributed by atoms with Crippen LogP contribution in [0, 0.1) is 0 Å². The average molecular weight is 355 g/mol. The summed E-state index contributed by atoms with van der Waals surface area (Å²) in [6.07, 6.45) is 2.12. The van der Waals surface area contributed by atoms with Crippen molar-refractivity contribution in [3.8, 4) is 5.75 Å². The summed E-state index contributed by atoms with van der Waals surface area (Å²) in [6.45, 7) is 5.93. The molecule has 5 heteroatoms. The molecule has 20 heavy (non-hydrogen) atoms. The molecule has 2 aliphatic heterocycles. The molecule has 0 bridgehead atoms. The molecule has 2 heterocycles. The molecule has 1 aromatic rings. The number of thioether (sulfide) groups is 1. The van der Waals surface area contributed by atoms with E-state index < -0.39 is 0 Å². The van der Waals surface area contributed by atoms with E-state index >= 15 is 0 Å². The lowest BCUT2D eigenvalue weighted by Gasteiger charge is -2.20. The number of hydrogen-bond donors (Lipinski definition) is 1. The minimum atomic E-state index is 0.194. The fourth-order valence-corrected chi connectivity index (χ4v) is 4.21. The monoisotopic (exact) mass is 354 g/mol. The Labute approximate surface area is 132 Å². The van der Waals surface area contributed by atoms with Crippen molar-refractivity contribution in [2.45, 2.75) is 38.8 Å². The van der Waals surface area contributed by atoms with Gasteiger partial charge in [0.05, 0.1) is 13.2 Å². The number of fused-ring (bicyclic) bond motifs is 1. The van der Waals surface area contributed by atoms with Crippen LogP contribution >= 0.6 is 27.7 Å². The van der Waals surface area contributed by atoms with Crippen LogP contribution in [0.15, 0.2) is 21.6 Å². The predicted molar refractivity (Wildman–Crippen MR) is 88.8 cm³/mol. The van der Waals surface area contributed by atoms with Gasteiger partial charge in [-0.25, -0.2) is 0 Å². The highest BCUT2D eigenvalue weighted by atomic mass is 79.9. The summed E-state index contributed by atoms with van der Waals surface area (Å²) in [5, 5.41) is 4.59. The van der Waals surface area contributed by atoms with Crippen LogP contribution in [0.2, 0.25) is 0 Å². The Morgan fingerprint density at radius 2 is 2.35 bits per heavy atom. The van der Waals surface area contributed by atoms with Crippen LogP contribution in [0.3, 0.4) is 0 Å². The van der Waals surface area contributed by atoms with Gasteiger partial charge in [-0.2, -0.15) is 0 Å². The predicted octanol–water partition coefficient (Wildman–Crippen LogP) is 3.75. The van der Waals surface area contributed by atoms with Gasteiger partial charge in [-0.1, -0.05) is 34.6 Å². The first-order valence-electron chi connectivity index (χ1n) is 6.99. The lowest BCUT2D eigenvalue weighted by molar-refractivity contribution is 0.353. The molecule has 1 unspecified atom stereocenters. The second-order valence-electron chi connectivity index (χ2n) is 5.60. The third-order valence-corrected chi connectivity index (χ3v) is 5.68. The van der Waals surface area contributed by atoms with Gasteiger partial charge in [-0.05, 0) is 31.0 Å². The zero-order chi connectivity index (χ0) is 14.2. The number of benzene rings is 1. The molecule has 3 nitrogen and oxygen atoms in total. The van der Waals surface area contributed by atoms with Crippen LogP contribution in [-0.4, -0.2) is 23.1 Å². The van der Waals surface area contributed by atoms with Crippen LogP contribution in [0.5, 0.6) is 5.75 Å². The third kappa shape index (κ3) is 2.84. The Kier molecular flexibility index (Phi) is 4.00. The molecule has 0 spiro atoms. The zero-order valence-corrected chi connectivity index (χ0v) is 14.2. The molecule has 0 saturated carbocycles. The minimum absolute atomic E-state index is 0.194. The summed E-state index contributed by atoms with van der Waals surface area (Å²) < 4.78 is 6.86. The van der Waals surface area contributed by atoms with Gasteiger partial charge in [0.2, 0.25) is 0 Å². The van der Waals surface area contributed by atoms with Crippen LogP contribution in [0.1, 0.15) is 31.4 Å². The lowest BCUT2D eigenvalue weighted by Crippen LogP contribution is -2.39. The number of halogens is 1. The van der Waals surface area contributed by atoms with Gasteiger partial charge in [0.1, 0.15) is 5.75 Å². The number of amidine groups is 1. The number of nitrogens with one attached hydrogen (secondary N) is 1. The second kappa shape index (κ2) is 5.60. The van der Waals surface area contributed by atoms with Crippen molar-refractivity contribution in [2.24, 2.45) is 4.99 Å². The van der Waals surface area contributed by atoms with Gasteiger partial charge in [0.25, 0.3) is 0 Å². The van der Waals surface area contributed by atoms with E-state index in [9.17, 15) is 0 Å². The molecule has 3 rings (SSSR count). The zero-order valence-electron chi connectivity index (χ0n) is 11.8. The summed E-state index contributed by atoms with van der Waals surface area (Å²) in [4.78, 5) is 4.72. The molecule has 1 N–H and O–H groups in total. The van der Waals surface area contributed by atoms with Crippen molar-refractivity contribution < 1.29 is 4.74 Å². The van der Waals surface area contributed by atoms with Crippen LogP contribution < -0.4 is 10.1 Å². The van der Waals surface area contributed by atoms with Crippen molar-refractivity contribution in [2.75, 3.05) is 12.4 Å². The molecule has 0 aliphatic carbocycles. The number of nitrogens with zero attached hydrogens (tertiary/aromatic N) is 1. The maximum absolute atomic E-state index is 5.74. The number of rotatable bonds is 3. The van der Waals surface area contributed by atoms with Gasteiger partial charge >= 0.3 is 0 Å². The van der Waals surface area contributed by atoms with Gasteiger partial charge in [0.15, 0.2) is 5.17 Å². The largest absolute Gasteiger partial charge is 0.493 e. The Hall–Kier alpha value is -0.680. The van der Waals surface area contributed by atoms with Crippen LogP contribution in [0.25, 0.3) is 0 Å². The molecular weight excluding hydrogens is 336 g/mol. The van der Waals surface area contributed by atoms with E-state index in [-0.39, 0.29) is 5.54 Å². The number of aliphatic imine (C=N–C) groups is 1. The Morgan fingerprint density at radius 3 is 3.10 bits per heavy atom. The SMILES string of the molecule is CCC1(C)CSC(=NCc2cc(Br)cc3c2OCC3)N1. The van der Waals surface area contributed by atoms with Crippen LogP contribution in [-0.2, 0) is 13.0 Å². The molecule has 0 amide bonds. The smallest absolute Gasteiger partial charge is 0.157 e. The van der Waals surface area contributed by atoms with E-state index in [1.54, 1.807) is 0 Å². The first-order chi connectivity index (χ1) is 9.59. The Bertz CT molecular complexity index is 561. The normalized spacial score (nSPS) is 26.4. The molecule has 0 aromatic heterocycles. The van der Waals surface area contributed by atoms with E-state index in [2.05, 4.69) is 47.2 Å². The lowest BCUT2D eigenvalue weighted by atomic mass is 10.0. The van der Waals surface area contributed by atoms with E-state index in [1.807, 2.05) is 11.8 Å². The summed E-state index contributed by atoms with van der Waals surface area (Å²) in [6, 6.07) is 4.27. The van der Waals surface area contributed by atoms with Crippen molar-refractivity contribution in [3.05, 3.63) is 27.7 Å². The van der Waals surface area contributed by atoms with Crippen LogP contribution in [0.4, 0.5) is 0 Å². The molecule has 0 radical (unpaired) electrons. The van der Waals surface area contributed by atoms with Gasteiger partial charge in [0, 0.05) is 27.7 Å². The van der Waals surface area contributed by atoms with Gasteiger partial charge < -0.3 is 10.1 Å². The highest BCUT2D eigenvalue weighted by Gasteiger charge is 2.30. The number of hydrogen-bond acceptors (Lipinski definition) is 3. The molecule has 1 saturated heterocycles. The molecule has 2 aliphatic rings. The van der Waals surface area contributed by atoms with Crippen molar-refractivity contribution in [3.63, 3.8) is 0 Å². The maximum atomic E-state index is 5.74. The first kappa shape index (κ1) is 14.3. The molecule has 1 aromatic carbocycles. The van der Waals surface area contributed by atoms with E-state index in [0.717, 1.165) is 40.6 Å². The molecule has 1 fully saturated rings. The average Bonchev–Trinajstić information content (AvgIpc) is 3.03. The summed E-state index contributed by atoms with van der Waals surface area (Å²) in [5.41, 5.74) is 2.66. The highest BCUT2D eigenvalue weighted by molar-refractivity contribution is 9.10. The van der Waals surface area contributed by atoms with E-state index in [4.69, 9.17) is 9.73 Å². The first-order valence-corrected chi connectivity index (χ1v) is 8.77. The Balaban J connectivity index is 1.77. The minimum Gasteiger partial charge on any atom is -0.493 e. The second-order valence-corrected chi connectivity index (χ2v) is 7.48. The highest BCUT2D eigenvalue weighted by Crippen LogP contribution is 2.34. The number of ether oxygens (including phenoxy) is 1. The van der Waals surface area contributed by atoms with E-state index in [0.29, 0.717) is 6.54 Å². The topological polar surface area (TPSA) is 33.6 Å². The van der Waals surface area contributed by atoms with Gasteiger partial charge in [-0.3, -0.25) is 4.99 Å². The van der Waals surface area contributed by atoms with E-state index in [1.165, 1.54) is 11.1 Å². The summed E-state index contributed by atoms with van der Waals surface area (Å²) in [7, 11) is 0. The molecule has 108 valence electrons. The fraction of sp³-hybridized carbons (Fsp3) is 0.533. The third-order valence-electron chi connectivity index (χ3n) is 3.93. The van der Waals surface area contributed by atoms with Gasteiger partial charge in [-0.15, -0.1) is 0 Å². The summed E-state index contributed by atoms with van der Waals surface area (Å²) in [5.74, 6) is 2.13. The van der Waals surface area contributed by atoms with Crippen molar-refractivity contribution >= 4 is 32.9 Å². The standard InChI is InChI=1S/C15H19BrN2OS/c1-3-15(2)9-20-14(18-15)17-8-11-7-12(16)6-10-4-5-19-13(10)11/h6-7H,3-5,8-9H2,1-2H3,(H,17,18). The maximum Gasteiger partial charge on any atom is 0.157 e. The quantitative estimate of drug-likeness (QED) is 0.897. The fourth-order valence-electron chi connectivity index (χ4n) is 2.45. The van der Waals surface area contributed by atoms with Crippen molar-refractivity contribution in [1.82, 2.24) is 5.32 Å². The van der Waals surface area contributed by atoms with Crippen molar-refractivity contribution in [1.29, 1.82) is 0 Å². The summed E-state index contributed by atoms with van der Waals surface area (Å²) >= 11 is 5.39.